The van der Waals surface area contributed by atoms with Gasteiger partial charge in [-0.2, -0.15) is 5.10 Å². The molecule has 1 amide bonds. The van der Waals surface area contributed by atoms with Gasteiger partial charge in [0, 0.05) is 24.0 Å². The van der Waals surface area contributed by atoms with Gasteiger partial charge in [-0.15, -0.1) is 0 Å². The minimum Gasteiger partial charge on any atom is -0.374 e. The molecule has 2 N–H and O–H groups in total. The van der Waals surface area contributed by atoms with Crippen LogP contribution in [0.15, 0.2) is 48.9 Å². The van der Waals surface area contributed by atoms with E-state index < -0.39 is 0 Å². The summed E-state index contributed by atoms with van der Waals surface area (Å²) in [5.74, 6) is -0.293. The number of carbonyl (C=O) groups is 1. The second-order valence-corrected chi connectivity index (χ2v) is 8.02. The lowest BCUT2D eigenvalue weighted by Gasteiger charge is -2.10. The highest BCUT2D eigenvalue weighted by Crippen LogP contribution is 2.34. The lowest BCUT2D eigenvalue weighted by Crippen LogP contribution is -2.26. The molecular weight excluding hydrogens is 549 g/mol. The normalized spacial score (nSPS) is 10.9. The Balaban J connectivity index is 1.91. The topological polar surface area (TPSA) is 53.5 Å². The number of rotatable bonds is 5. The molecule has 0 saturated heterocycles. The van der Waals surface area contributed by atoms with E-state index in [1.165, 1.54) is 6.21 Å². The Morgan fingerprint density at radius 2 is 1.79 bits per heavy atom. The largest absolute Gasteiger partial charge is 0.374 e. The minimum atomic E-state index is -0.293. The Hall–Kier alpha value is -0.600. The molecule has 0 bridgehead atoms. The summed E-state index contributed by atoms with van der Waals surface area (Å²) in [6, 6.07) is 8.78. The fraction of sp³-hybridized carbons (Fsp3) is 0.0667. The third-order valence-electron chi connectivity index (χ3n) is 2.79. The first-order chi connectivity index (χ1) is 11.4. The minimum absolute atomic E-state index is 0.0600. The standard InChI is InChI=1S/C15H10Br3Cl2N3O/c16-9-3-11(17)15(12(18)4-9)21-7-14(24)23-22-6-8-1-2-10(19)5-13(8)20/h1-6,21H,7H2,(H,23,24). The predicted molar refractivity (Wildman–Crippen MR) is 110 cm³/mol. The van der Waals surface area contributed by atoms with Gasteiger partial charge >= 0.3 is 0 Å². The molecule has 0 heterocycles. The first-order valence-electron chi connectivity index (χ1n) is 6.52. The van der Waals surface area contributed by atoms with Crippen LogP contribution in [-0.2, 0) is 4.79 Å². The molecular formula is C15H10Br3Cl2N3O. The molecule has 0 aliphatic carbocycles. The lowest BCUT2D eigenvalue weighted by atomic mass is 10.2. The van der Waals surface area contributed by atoms with Crippen molar-refractivity contribution < 1.29 is 4.79 Å². The van der Waals surface area contributed by atoms with E-state index in [0.717, 1.165) is 19.1 Å². The van der Waals surface area contributed by atoms with Gasteiger partial charge < -0.3 is 5.32 Å². The van der Waals surface area contributed by atoms with Crippen molar-refractivity contribution in [2.45, 2.75) is 0 Å². The van der Waals surface area contributed by atoms with Crippen LogP contribution in [0.2, 0.25) is 10.0 Å². The van der Waals surface area contributed by atoms with Gasteiger partial charge in [-0.3, -0.25) is 4.79 Å². The van der Waals surface area contributed by atoms with Gasteiger partial charge in [0.15, 0.2) is 0 Å². The molecule has 0 unspecified atom stereocenters. The Kier molecular flexibility index (Phi) is 7.56. The van der Waals surface area contributed by atoms with E-state index in [2.05, 4.69) is 63.6 Å². The van der Waals surface area contributed by atoms with E-state index in [4.69, 9.17) is 23.2 Å². The van der Waals surface area contributed by atoms with Gasteiger partial charge in [0.25, 0.3) is 5.91 Å². The van der Waals surface area contributed by atoms with Crippen LogP contribution in [0.3, 0.4) is 0 Å². The number of nitrogens with one attached hydrogen (secondary N) is 2. The van der Waals surface area contributed by atoms with Crippen LogP contribution in [0.25, 0.3) is 0 Å². The molecule has 0 radical (unpaired) electrons. The van der Waals surface area contributed by atoms with Crippen LogP contribution in [-0.4, -0.2) is 18.7 Å². The molecule has 0 aliphatic rings. The van der Waals surface area contributed by atoms with Crippen molar-refractivity contribution in [2.75, 3.05) is 11.9 Å². The molecule has 0 fully saturated rings. The number of amides is 1. The van der Waals surface area contributed by atoms with E-state index >= 15 is 0 Å². The zero-order chi connectivity index (χ0) is 17.7. The Morgan fingerprint density at radius 3 is 2.42 bits per heavy atom. The van der Waals surface area contributed by atoms with Crippen LogP contribution in [0, 0.1) is 0 Å². The molecule has 0 aromatic heterocycles. The number of halogens is 5. The monoisotopic (exact) mass is 555 g/mol. The van der Waals surface area contributed by atoms with E-state index in [1.807, 2.05) is 12.1 Å². The number of carbonyl (C=O) groups excluding carboxylic acids is 1. The molecule has 126 valence electrons. The summed E-state index contributed by atoms with van der Waals surface area (Å²) >= 11 is 22.1. The van der Waals surface area contributed by atoms with Gasteiger partial charge in [0.2, 0.25) is 0 Å². The van der Waals surface area contributed by atoms with Gasteiger partial charge in [0.05, 0.1) is 23.5 Å². The van der Waals surface area contributed by atoms with Gasteiger partial charge in [-0.25, -0.2) is 5.43 Å². The van der Waals surface area contributed by atoms with Gasteiger partial charge in [0.1, 0.15) is 0 Å². The van der Waals surface area contributed by atoms with E-state index in [1.54, 1.807) is 18.2 Å². The zero-order valence-corrected chi connectivity index (χ0v) is 18.2. The van der Waals surface area contributed by atoms with Crippen molar-refractivity contribution in [1.82, 2.24) is 5.43 Å². The van der Waals surface area contributed by atoms with Crippen molar-refractivity contribution in [3.05, 3.63) is 59.4 Å². The van der Waals surface area contributed by atoms with Crippen molar-refractivity contribution >= 4 is 88.8 Å². The molecule has 2 aromatic rings. The first-order valence-corrected chi connectivity index (χ1v) is 9.65. The van der Waals surface area contributed by atoms with E-state index in [0.29, 0.717) is 15.6 Å². The Labute approximate surface area is 174 Å². The molecule has 0 aliphatic heterocycles. The maximum atomic E-state index is 11.9. The third kappa shape index (κ3) is 5.74. The van der Waals surface area contributed by atoms with Gasteiger partial charge in [-0.1, -0.05) is 45.2 Å². The van der Waals surface area contributed by atoms with Crippen molar-refractivity contribution in [1.29, 1.82) is 0 Å². The maximum Gasteiger partial charge on any atom is 0.259 e. The summed E-state index contributed by atoms with van der Waals surface area (Å²) < 4.78 is 2.57. The number of hydrogen-bond donors (Lipinski definition) is 2. The number of anilines is 1. The average molecular weight is 559 g/mol. The zero-order valence-electron chi connectivity index (χ0n) is 11.9. The average Bonchev–Trinajstić information content (AvgIpc) is 2.48. The number of benzene rings is 2. The fourth-order valence-corrected chi connectivity index (χ4v) is 4.70. The maximum absolute atomic E-state index is 11.9. The second-order valence-electron chi connectivity index (χ2n) is 4.56. The predicted octanol–water partition coefficient (Wildman–Crippen LogP) is 5.84. The first kappa shape index (κ1) is 19.7. The molecule has 0 saturated carbocycles. The molecule has 2 aromatic carbocycles. The second kappa shape index (κ2) is 9.20. The highest BCUT2D eigenvalue weighted by molar-refractivity contribution is 9.11. The Bertz CT molecular complexity index is 777. The molecule has 2 rings (SSSR count). The molecule has 0 atom stereocenters. The van der Waals surface area contributed by atoms with E-state index in [9.17, 15) is 4.79 Å². The summed E-state index contributed by atoms with van der Waals surface area (Å²) in [6.45, 7) is 0.0600. The Morgan fingerprint density at radius 1 is 1.12 bits per heavy atom. The van der Waals surface area contributed by atoms with E-state index in [-0.39, 0.29) is 12.5 Å². The fourth-order valence-electron chi connectivity index (χ4n) is 1.70. The van der Waals surface area contributed by atoms with Crippen molar-refractivity contribution in [3.8, 4) is 0 Å². The summed E-state index contributed by atoms with van der Waals surface area (Å²) in [5, 5.41) is 7.91. The summed E-state index contributed by atoms with van der Waals surface area (Å²) in [5.41, 5.74) is 3.87. The number of hydrazone groups is 1. The quantitative estimate of drug-likeness (QED) is 0.358. The van der Waals surface area contributed by atoms with Crippen molar-refractivity contribution in [2.24, 2.45) is 5.10 Å². The summed E-state index contributed by atoms with van der Waals surface area (Å²) in [6.07, 6.45) is 1.46. The molecule has 0 spiro atoms. The third-order valence-corrected chi connectivity index (χ3v) is 5.06. The van der Waals surface area contributed by atoms with Crippen LogP contribution in [0.1, 0.15) is 5.56 Å². The molecule has 4 nitrogen and oxygen atoms in total. The molecule has 9 heteroatoms. The molecule has 24 heavy (non-hydrogen) atoms. The highest BCUT2D eigenvalue weighted by Gasteiger charge is 2.08. The highest BCUT2D eigenvalue weighted by atomic mass is 79.9. The van der Waals surface area contributed by atoms with Gasteiger partial charge in [-0.05, 0) is 56.1 Å². The van der Waals surface area contributed by atoms with Crippen LogP contribution in [0.4, 0.5) is 5.69 Å². The van der Waals surface area contributed by atoms with Crippen molar-refractivity contribution in [3.63, 3.8) is 0 Å². The SMILES string of the molecule is O=C(CNc1c(Br)cc(Br)cc1Br)NN=Cc1ccc(Cl)cc1Cl. The summed E-state index contributed by atoms with van der Waals surface area (Å²) in [4.78, 5) is 11.9. The van der Waals surface area contributed by atoms with Crippen LogP contribution < -0.4 is 10.7 Å². The number of hydrogen-bond acceptors (Lipinski definition) is 3. The smallest absolute Gasteiger partial charge is 0.259 e. The van der Waals surface area contributed by atoms with Crippen LogP contribution in [0.5, 0.6) is 0 Å². The summed E-state index contributed by atoms with van der Waals surface area (Å²) in [7, 11) is 0. The van der Waals surface area contributed by atoms with Crippen LogP contribution >= 0.6 is 71.0 Å². The number of nitrogens with zero attached hydrogens (tertiary/aromatic N) is 1. The lowest BCUT2D eigenvalue weighted by molar-refractivity contribution is -0.119.